The lowest BCUT2D eigenvalue weighted by molar-refractivity contribution is 0.0957. The van der Waals surface area contributed by atoms with Crippen LogP contribution < -0.4 is 5.73 Å². The van der Waals surface area contributed by atoms with Crippen molar-refractivity contribution in [3.8, 4) is 0 Å². The molecule has 0 radical (unpaired) electrons. The first kappa shape index (κ1) is 12.5. The van der Waals surface area contributed by atoms with Crippen molar-refractivity contribution in [3.05, 3.63) is 53.1 Å². The van der Waals surface area contributed by atoms with Gasteiger partial charge in [-0.25, -0.2) is 4.98 Å². The van der Waals surface area contributed by atoms with Gasteiger partial charge in [-0.15, -0.1) is 0 Å². The highest BCUT2D eigenvalue weighted by atomic mass is 16.2. The van der Waals surface area contributed by atoms with Crippen molar-refractivity contribution in [2.75, 3.05) is 6.54 Å². The van der Waals surface area contributed by atoms with Crippen LogP contribution in [0.25, 0.3) is 0 Å². The molecule has 0 bridgehead atoms. The second-order valence-electron chi connectivity index (χ2n) is 4.40. The van der Waals surface area contributed by atoms with Crippen LogP contribution in [0.3, 0.4) is 0 Å². The largest absolute Gasteiger partial charge is 0.330 e. The smallest absolute Gasteiger partial charge is 0.263 e. The van der Waals surface area contributed by atoms with Gasteiger partial charge in [0, 0.05) is 23.9 Å². The molecule has 2 N–H and O–H groups in total. The third kappa shape index (κ3) is 2.33. The van der Waals surface area contributed by atoms with Crippen LogP contribution in [-0.2, 0) is 6.42 Å². The second-order valence-corrected chi connectivity index (χ2v) is 4.40. The van der Waals surface area contributed by atoms with Crippen LogP contribution in [0.5, 0.6) is 0 Å². The Morgan fingerprint density at radius 1 is 1.33 bits per heavy atom. The fourth-order valence-electron chi connectivity index (χ4n) is 1.85. The Kier molecular flexibility index (Phi) is 3.58. The number of carbonyl (C=O) groups is 1. The van der Waals surface area contributed by atoms with E-state index in [1.165, 1.54) is 5.56 Å². The van der Waals surface area contributed by atoms with Crippen molar-refractivity contribution in [2.45, 2.75) is 20.3 Å². The molecule has 2 rings (SSSR count). The van der Waals surface area contributed by atoms with E-state index in [1.807, 2.05) is 32.0 Å². The molecule has 0 amide bonds. The summed E-state index contributed by atoms with van der Waals surface area (Å²) in [5.74, 6) is -0.0564. The Morgan fingerprint density at radius 2 is 2.11 bits per heavy atom. The molecule has 0 aliphatic heterocycles. The molecule has 0 saturated carbocycles. The number of nitrogens with two attached hydrogens (primary N) is 1. The van der Waals surface area contributed by atoms with Gasteiger partial charge >= 0.3 is 0 Å². The molecule has 0 fully saturated rings. The van der Waals surface area contributed by atoms with Gasteiger partial charge in [-0.3, -0.25) is 9.36 Å². The van der Waals surface area contributed by atoms with Gasteiger partial charge in [0.1, 0.15) is 6.33 Å². The van der Waals surface area contributed by atoms with Crippen LogP contribution in [-0.4, -0.2) is 22.0 Å². The van der Waals surface area contributed by atoms with Crippen molar-refractivity contribution >= 4 is 5.91 Å². The summed E-state index contributed by atoms with van der Waals surface area (Å²) in [7, 11) is 0. The van der Waals surface area contributed by atoms with Crippen LogP contribution in [0.4, 0.5) is 0 Å². The number of aryl methyl sites for hydroxylation is 2. The minimum atomic E-state index is -0.0564. The van der Waals surface area contributed by atoms with Gasteiger partial charge in [0.15, 0.2) is 0 Å². The summed E-state index contributed by atoms with van der Waals surface area (Å²) >= 11 is 0. The van der Waals surface area contributed by atoms with E-state index in [4.69, 9.17) is 5.73 Å². The molecular formula is C14H17N3O. The highest BCUT2D eigenvalue weighted by molar-refractivity contribution is 5.96. The minimum Gasteiger partial charge on any atom is -0.330 e. The average molecular weight is 243 g/mol. The fourth-order valence-corrected chi connectivity index (χ4v) is 1.85. The van der Waals surface area contributed by atoms with Crippen LogP contribution in [0.15, 0.2) is 30.7 Å². The number of hydrogen-bond acceptors (Lipinski definition) is 3. The molecule has 94 valence electrons. The molecule has 0 spiro atoms. The maximum Gasteiger partial charge on any atom is 0.263 e. The van der Waals surface area contributed by atoms with Crippen molar-refractivity contribution in [1.82, 2.24) is 9.55 Å². The molecule has 0 aliphatic rings. The zero-order chi connectivity index (χ0) is 13.1. The highest BCUT2D eigenvalue weighted by Crippen LogP contribution is 2.12. The van der Waals surface area contributed by atoms with Gasteiger partial charge in [-0.2, -0.15) is 0 Å². The first-order valence-electron chi connectivity index (χ1n) is 5.96. The number of hydrogen-bond donors (Lipinski definition) is 1. The van der Waals surface area contributed by atoms with Gasteiger partial charge in [0.25, 0.3) is 5.91 Å². The van der Waals surface area contributed by atoms with Gasteiger partial charge in [-0.1, -0.05) is 6.07 Å². The Labute approximate surface area is 106 Å². The first-order valence-corrected chi connectivity index (χ1v) is 5.96. The molecule has 0 aliphatic carbocycles. The lowest BCUT2D eigenvalue weighted by Gasteiger charge is -2.08. The van der Waals surface area contributed by atoms with Gasteiger partial charge in [0.05, 0.1) is 0 Å². The number of carbonyl (C=O) groups excluding carboxylic acids is 1. The average Bonchev–Trinajstić information content (AvgIpc) is 2.80. The summed E-state index contributed by atoms with van der Waals surface area (Å²) in [4.78, 5) is 16.4. The van der Waals surface area contributed by atoms with Crippen molar-refractivity contribution in [3.63, 3.8) is 0 Å². The van der Waals surface area contributed by atoms with E-state index >= 15 is 0 Å². The number of rotatable bonds is 3. The molecule has 0 saturated heterocycles. The molecule has 1 aromatic heterocycles. The Morgan fingerprint density at radius 3 is 2.78 bits per heavy atom. The summed E-state index contributed by atoms with van der Waals surface area (Å²) in [5.41, 5.74) is 9.33. The summed E-state index contributed by atoms with van der Waals surface area (Å²) in [6.45, 7) is 4.54. The van der Waals surface area contributed by atoms with Crippen molar-refractivity contribution in [2.24, 2.45) is 5.73 Å². The van der Waals surface area contributed by atoms with E-state index in [1.54, 1.807) is 17.1 Å². The summed E-state index contributed by atoms with van der Waals surface area (Å²) < 4.78 is 1.57. The standard InChI is InChI=1S/C14H17N3O/c1-10-3-4-12(7-11(10)2)14(18)17-9-16-8-13(17)5-6-15/h3-4,7-9H,5-6,15H2,1-2H3. The molecule has 0 atom stereocenters. The lowest BCUT2D eigenvalue weighted by Crippen LogP contribution is -2.16. The molecule has 1 heterocycles. The third-order valence-electron chi connectivity index (χ3n) is 3.09. The van der Waals surface area contributed by atoms with Crippen LogP contribution in [0.1, 0.15) is 27.2 Å². The maximum atomic E-state index is 12.3. The lowest BCUT2D eigenvalue weighted by atomic mass is 10.1. The van der Waals surface area contributed by atoms with E-state index in [2.05, 4.69) is 4.98 Å². The Balaban J connectivity index is 2.35. The van der Waals surface area contributed by atoms with E-state index in [0.717, 1.165) is 11.3 Å². The van der Waals surface area contributed by atoms with Crippen molar-refractivity contribution in [1.29, 1.82) is 0 Å². The number of nitrogens with zero attached hydrogens (tertiary/aromatic N) is 2. The first-order chi connectivity index (χ1) is 8.63. The van der Waals surface area contributed by atoms with Gasteiger partial charge in [0.2, 0.25) is 0 Å². The molecule has 2 aromatic rings. The van der Waals surface area contributed by atoms with E-state index in [9.17, 15) is 4.79 Å². The third-order valence-corrected chi connectivity index (χ3v) is 3.09. The van der Waals surface area contributed by atoms with Crippen molar-refractivity contribution < 1.29 is 4.79 Å². The van der Waals surface area contributed by atoms with Gasteiger partial charge in [-0.05, 0) is 43.7 Å². The quantitative estimate of drug-likeness (QED) is 0.892. The maximum absolute atomic E-state index is 12.3. The van der Waals surface area contributed by atoms with Gasteiger partial charge < -0.3 is 5.73 Å². The minimum absolute atomic E-state index is 0.0564. The van der Waals surface area contributed by atoms with E-state index in [-0.39, 0.29) is 5.91 Å². The molecule has 0 unspecified atom stereocenters. The van der Waals surface area contributed by atoms with E-state index in [0.29, 0.717) is 18.5 Å². The summed E-state index contributed by atoms with van der Waals surface area (Å²) in [6.07, 6.45) is 3.88. The molecule has 18 heavy (non-hydrogen) atoms. The summed E-state index contributed by atoms with van der Waals surface area (Å²) in [6, 6.07) is 5.71. The van der Waals surface area contributed by atoms with Crippen LogP contribution >= 0.6 is 0 Å². The molecule has 1 aromatic carbocycles. The summed E-state index contributed by atoms with van der Waals surface area (Å²) in [5, 5.41) is 0. The van der Waals surface area contributed by atoms with Crippen LogP contribution in [0.2, 0.25) is 0 Å². The zero-order valence-corrected chi connectivity index (χ0v) is 10.7. The van der Waals surface area contributed by atoms with Crippen LogP contribution in [0, 0.1) is 13.8 Å². The normalized spacial score (nSPS) is 10.6. The predicted octanol–water partition coefficient (Wildman–Crippen LogP) is 1.69. The number of aromatic nitrogens is 2. The predicted molar refractivity (Wildman–Crippen MR) is 70.6 cm³/mol. The second kappa shape index (κ2) is 5.14. The Bertz CT molecular complexity index is 572. The Hall–Kier alpha value is -1.94. The molecule has 4 heteroatoms. The molecular weight excluding hydrogens is 226 g/mol. The van der Waals surface area contributed by atoms with E-state index < -0.39 is 0 Å². The zero-order valence-electron chi connectivity index (χ0n) is 10.7. The topological polar surface area (TPSA) is 60.9 Å². The molecule has 4 nitrogen and oxygen atoms in total. The fraction of sp³-hybridized carbons (Fsp3) is 0.286. The monoisotopic (exact) mass is 243 g/mol. The SMILES string of the molecule is Cc1ccc(C(=O)n2cncc2CCN)cc1C. The number of imidazole rings is 1. The highest BCUT2D eigenvalue weighted by Gasteiger charge is 2.12. The number of benzene rings is 1.